The molecule has 1 aliphatic rings. The highest BCUT2D eigenvalue weighted by molar-refractivity contribution is 5.97. The molecule has 2 aromatic carbocycles. The third-order valence-corrected chi connectivity index (χ3v) is 4.95. The zero-order valence-corrected chi connectivity index (χ0v) is 15.8. The van der Waals surface area contributed by atoms with Gasteiger partial charge in [-0.3, -0.25) is 14.6 Å². The number of nitrogens with zero attached hydrogens (tertiary/aromatic N) is 1. The van der Waals surface area contributed by atoms with E-state index in [1.165, 1.54) is 13.0 Å². The summed E-state index contributed by atoms with van der Waals surface area (Å²) in [6.45, 7) is 1.72. The van der Waals surface area contributed by atoms with Crippen LogP contribution in [-0.2, 0) is 6.42 Å². The van der Waals surface area contributed by atoms with E-state index >= 15 is 0 Å². The van der Waals surface area contributed by atoms with Crippen LogP contribution in [0.15, 0.2) is 60.9 Å². The Bertz CT molecular complexity index is 1070. The minimum Gasteiger partial charge on any atom is -0.487 e. The number of hydrogen-bond acceptors (Lipinski definition) is 4. The molecule has 1 atom stereocenters. The molecule has 146 valence electrons. The summed E-state index contributed by atoms with van der Waals surface area (Å²) in [5, 5.41) is 2.82. The van der Waals surface area contributed by atoms with Crippen LogP contribution in [-0.4, -0.2) is 29.3 Å². The van der Waals surface area contributed by atoms with Gasteiger partial charge >= 0.3 is 0 Å². The lowest BCUT2D eigenvalue weighted by Crippen LogP contribution is -2.34. The molecule has 1 aromatic heterocycles. The molecule has 0 radical (unpaired) electrons. The monoisotopic (exact) mass is 390 g/mol. The van der Waals surface area contributed by atoms with E-state index in [1.54, 1.807) is 42.7 Å². The van der Waals surface area contributed by atoms with Crippen LogP contribution in [0.2, 0.25) is 0 Å². The molecule has 0 spiro atoms. The van der Waals surface area contributed by atoms with E-state index in [0.717, 1.165) is 11.1 Å². The minimum absolute atomic E-state index is 0.0545. The maximum absolute atomic E-state index is 14.3. The van der Waals surface area contributed by atoms with E-state index in [2.05, 4.69) is 10.3 Å². The van der Waals surface area contributed by atoms with Gasteiger partial charge in [-0.25, -0.2) is 4.39 Å². The summed E-state index contributed by atoms with van der Waals surface area (Å²) in [6.07, 6.45) is 3.37. The highest BCUT2D eigenvalue weighted by atomic mass is 19.1. The molecular weight excluding hydrogens is 371 g/mol. The number of ether oxygens (including phenoxy) is 1. The summed E-state index contributed by atoms with van der Waals surface area (Å²) < 4.78 is 20.3. The zero-order chi connectivity index (χ0) is 20.4. The molecule has 1 N–H and O–H groups in total. The number of carbonyl (C=O) groups is 2. The van der Waals surface area contributed by atoms with Gasteiger partial charge in [0.15, 0.2) is 5.78 Å². The minimum atomic E-state index is -0.358. The molecule has 0 fully saturated rings. The normalized spacial score (nSPS) is 14.8. The van der Waals surface area contributed by atoms with E-state index in [-0.39, 0.29) is 30.2 Å². The average molecular weight is 390 g/mol. The summed E-state index contributed by atoms with van der Waals surface area (Å²) >= 11 is 0. The number of fused-ring (bicyclic) bond motifs is 1. The summed E-state index contributed by atoms with van der Waals surface area (Å²) in [7, 11) is 0. The maximum Gasteiger partial charge on any atom is 0.251 e. The molecule has 2 heterocycles. The number of halogens is 1. The smallest absolute Gasteiger partial charge is 0.251 e. The van der Waals surface area contributed by atoms with Crippen molar-refractivity contribution in [1.29, 1.82) is 0 Å². The van der Waals surface area contributed by atoms with Crippen molar-refractivity contribution in [3.05, 3.63) is 83.4 Å². The Morgan fingerprint density at radius 2 is 1.76 bits per heavy atom. The van der Waals surface area contributed by atoms with Crippen molar-refractivity contribution in [2.75, 3.05) is 6.54 Å². The SMILES string of the molecule is CC(=O)c1ccc(C(=O)NCC2Cc3c(F)ccc(-c4ccncc4)c3O2)cc1. The van der Waals surface area contributed by atoms with Crippen molar-refractivity contribution >= 4 is 11.7 Å². The molecule has 1 aliphatic heterocycles. The number of rotatable bonds is 5. The number of aromatic nitrogens is 1. The Morgan fingerprint density at radius 3 is 2.45 bits per heavy atom. The second-order valence-corrected chi connectivity index (χ2v) is 6.93. The topological polar surface area (TPSA) is 68.3 Å². The second kappa shape index (κ2) is 7.83. The zero-order valence-electron chi connectivity index (χ0n) is 15.8. The maximum atomic E-state index is 14.3. The fourth-order valence-corrected chi connectivity index (χ4v) is 3.40. The number of ketones is 1. The van der Waals surface area contributed by atoms with Gasteiger partial charge in [0.05, 0.1) is 6.54 Å². The third-order valence-electron chi connectivity index (χ3n) is 4.95. The van der Waals surface area contributed by atoms with Gasteiger partial charge in [0, 0.05) is 41.1 Å². The molecule has 29 heavy (non-hydrogen) atoms. The van der Waals surface area contributed by atoms with Gasteiger partial charge in [0.1, 0.15) is 17.7 Å². The van der Waals surface area contributed by atoms with Crippen LogP contribution in [0.3, 0.4) is 0 Å². The fourth-order valence-electron chi connectivity index (χ4n) is 3.40. The Morgan fingerprint density at radius 1 is 1.07 bits per heavy atom. The molecule has 0 aliphatic carbocycles. The van der Waals surface area contributed by atoms with Crippen LogP contribution in [0.4, 0.5) is 4.39 Å². The first kappa shape index (κ1) is 18.8. The lowest BCUT2D eigenvalue weighted by Gasteiger charge is -2.14. The Labute approximate surface area is 167 Å². The van der Waals surface area contributed by atoms with Crippen LogP contribution in [0.1, 0.15) is 33.2 Å². The molecule has 4 rings (SSSR count). The van der Waals surface area contributed by atoms with Crippen LogP contribution < -0.4 is 10.1 Å². The molecule has 1 unspecified atom stereocenters. The van der Waals surface area contributed by atoms with Gasteiger partial charge in [-0.2, -0.15) is 0 Å². The van der Waals surface area contributed by atoms with Crippen molar-refractivity contribution in [2.45, 2.75) is 19.4 Å². The van der Waals surface area contributed by atoms with E-state index in [0.29, 0.717) is 28.9 Å². The van der Waals surface area contributed by atoms with Crippen LogP contribution in [0.25, 0.3) is 11.1 Å². The first-order valence-corrected chi connectivity index (χ1v) is 9.30. The predicted molar refractivity (Wildman–Crippen MR) is 107 cm³/mol. The third kappa shape index (κ3) is 3.87. The summed E-state index contributed by atoms with van der Waals surface area (Å²) in [5.41, 5.74) is 3.22. The second-order valence-electron chi connectivity index (χ2n) is 6.93. The predicted octanol–water partition coefficient (Wildman–Crippen LogP) is 3.82. The molecule has 3 aromatic rings. The highest BCUT2D eigenvalue weighted by Crippen LogP contribution is 2.40. The number of benzene rings is 2. The summed E-state index contributed by atoms with van der Waals surface area (Å²) in [5.74, 6) is -0.122. The van der Waals surface area contributed by atoms with Crippen LogP contribution >= 0.6 is 0 Å². The van der Waals surface area contributed by atoms with E-state index in [1.807, 2.05) is 12.1 Å². The van der Waals surface area contributed by atoms with Crippen molar-refractivity contribution < 1.29 is 18.7 Å². The van der Waals surface area contributed by atoms with E-state index < -0.39 is 0 Å². The molecule has 1 amide bonds. The lowest BCUT2D eigenvalue weighted by molar-refractivity contribution is 0.0932. The molecular formula is C23H19FN2O3. The van der Waals surface area contributed by atoms with Crippen LogP contribution in [0, 0.1) is 5.82 Å². The number of Topliss-reactive ketones (excluding diaryl/α,β-unsaturated/α-hetero) is 1. The van der Waals surface area contributed by atoms with Gasteiger partial charge in [0.25, 0.3) is 5.91 Å². The molecule has 5 nitrogen and oxygen atoms in total. The highest BCUT2D eigenvalue weighted by Gasteiger charge is 2.29. The molecule has 6 heteroatoms. The quantitative estimate of drug-likeness (QED) is 0.673. The number of carbonyl (C=O) groups excluding carboxylic acids is 2. The van der Waals surface area contributed by atoms with Gasteiger partial charge in [-0.1, -0.05) is 12.1 Å². The van der Waals surface area contributed by atoms with Crippen molar-refractivity contribution in [2.24, 2.45) is 0 Å². The Hall–Kier alpha value is -3.54. The van der Waals surface area contributed by atoms with Gasteiger partial charge < -0.3 is 10.1 Å². The Kier molecular flexibility index (Phi) is 5.08. The number of hydrogen-bond donors (Lipinski definition) is 1. The lowest BCUT2D eigenvalue weighted by atomic mass is 10.0. The first-order valence-electron chi connectivity index (χ1n) is 9.30. The van der Waals surface area contributed by atoms with E-state index in [4.69, 9.17) is 4.74 Å². The summed E-state index contributed by atoms with van der Waals surface area (Å²) in [4.78, 5) is 27.7. The number of nitrogens with one attached hydrogen (secondary N) is 1. The largest absolute Gasteiger partial charge is 0.487 e. The van der Waals surface area contributed by atoms with Gasteiger partial charge in [-0.15, -0.1) is 0 Å². The Balaban J connectivity index is 1.45. The number of pyridine rings is 1. The average Bonchev–Trinajstić information content (AvgIpc) is 3.18. The molecule has 0 bridgehead atoms. The number of amides is 1. The van der Waals surface area contributed by atoms with Crippen LogP contribution in [0.5, 0.6) is 5.75 Å². The standard InChI is InChI=1S/C23H19FN2O3/c1-14(27)15-2-4-17(5-3-15)23(28)26-13-18-12-20-21(24)7-6-19(22(20)29-18)16-8-10-25-11-9-16/h2-11,18H,12-13H2,1H3,(H,26,28). The van der Waals surface area contributed by atoms with Crippen molar-refractivity contribution in [3.63, 3.8) is 0 Å². The van der Waals surface area contributed by atoms with Gasteiger partial charge in [0.2, 0.25) is 0 Å². The van der Waals surface area contributed by atoms with Crippen molar-refractivity contribution in [1.82, 2.24) is 10.3 Å². The molecule has 0 saturated heterocycles. The van der Waals surface area contributed by atoms with Crippen molar-refractivity contribution in [3.8, 4) is 16.9 Å². The summed E-state index contributed by atoms with van der Waals surface area (Å²) in [6, 6.07) is 13.3. The molecule has 0 saturated carbocycles. The van der Waals surface area contributed by atoms with Gasteiger partial charge in [-0.05, 0) is 48.9 Å². The first-order chi connectivity index (χ1) is 14.0. The fraction of sp³-hybridized carbons (Fsp3) is 0.174. The van der Waals surface area contributed by atoms with E-state index in [9.17, 15) is 14.0 Å².